The van der Waals surface area contributed by atoms with E-state index in [1.807, 2.05) is 35.2 Å². The zero-order valence-electron chi connectivity index (χ0n) is 9.22. The summed E-state index contributed by atoms with van der Waals surface area (Å²) in [5, 5.41) is 2.02. The van der Waals surface area contributed by atoms with Crippen LogP contribution in [0.1, 0.15) is 19.8 Å². The first-order valence-corrected chi connectivity index (χ1v) is 6.26. The molecule has 0 N–H and O–H groups in total. The second-order valence-corrected chi connectivity index (χ2v) is 4.59. The normalized spacial score (nSPS) is 10.6. The fraction of sp³-hybridized carbons (Fsp3) is 0.333. The van der Waals surface area contributed by atoms with Crippen molar-refractivity contribution in [3.05, 3.63) is 29.9 Å². The van der Waals surface area contributed by atoms with E-state index in [0.717, 1.165) is 17.1 Å². The highest BCUT2D eigenvalue weighted by molar-refractivity contribution is 7.13. The van der Waals surface area contributed by atoms with E-state index in [2.05, 4.69) is 4.98 Å². The summed E-state index contributed by atoms with van der Waals surface area (Å²) in [6, 6.07) is 4.01. The molecule has 84 valence electrons. The average Bonchev–Trinajstić information content (AvgIpc) is 2.86. The molecule has 2 heterocycles. The molecule has 0 aromatic carbocycles. The minimum absolute atomic E-state index is 0.262. The topological polar surface area (TPSA) is 34.9 Å². The summed E-state index contributed by atoms with van der Waals surface area (Å²) in [7, 11) is 0. The Morgan fingerprint density at radius 2 is 2.44 bits per heavy atom. The van der Waals surface area contributed by atoms with Gasteiger partial charge in [-0.25, -0.2) is 4.98 Å². The van der Waals surface area contributed by atoms with Crippen molar-refractivity contribution in [3.63, 3.8) is 0 Å². The van der Waals surface area contributed by atoms with Gasteiger partial charge in [0.15, 0.2) is 5.78 Å². The van der Waals surface area contributed by atoms with Gasteiger partial charge in [-0.05, 0) is 17.9 Å². The van der Waals surface area contributed by atoms with Crippen molar-refractivity contribution in [1.82, 2.24) is 9.55 Å². The third kappa shape index (κ3) is 2.39. The molecule has 0 spiro atoms. The van der Waals surface area contributed by atoms with Crippen LogP contribution >= 0.6 is 11.3 Å². The first-order chi connectivity index (χ1) is 7.81. The number of thiophene rings is 1. The molecule has 0 aliphatic heterocycles. The van der Waals surface area contributed by atoms with Crippen LogP contribution in [0.2, 0.25) is 0 Å². The first kappa shape index (κ1) is 11.1. The summed E-state index contributed by atoms with van der Waals surface area (Å²) in [6.07, 6.45) is 5.15. The third-order valence-electron chi connectivity index (χ3n) is 2.33. The smallest absolute Gasteiger partial charge is 0.152 e. The molecule has 4 heteroatoms. The Kier molecular flexibility index (Phi) is 3.51. The predicted molar refractivity (Wildman–Crippen MR) is 65.5 cm³/mol. The van der Waals surface area contributed by atoms with E-state index in [0.29, 0.717) is 13.0 Å². The number of Topliss-reactive ketones (excluding diaryl/α,β-unsaturated/α-hetero) is 1. The largest absolute Gasteiger partial charge is 0.323 e. The molecule has 0 saturated carbocycles. The molecular weight excluding hydrogens is 220 g/mol. The first-order valence-electron chi connectivity index (χ1n) is 5.38. The molecule has 16 heavy (non-hydrogen) atoms. The Labute approximate surface area is 98.8 Å². The summed E-state index contributed by atoms with van der Waals surface area (Å²) in [5.74, 6) is 1.15. The second kappa shape index (κ2) is 5.07. The third-order valence-corrected chi connectivity index (χ3v) is 3.20. The molecule has 0 bridgehead atoms. The molecule has 2 aromatic rings. The van der Waals surface area contributed by atoms with Crippen LogP contribution in [0.25, 0.3) is 10.7 Å². The van der Waals surface area contributed by atoms with Gasteiger partial charge < -0.3 is 4.57 Å². The Bertz CT molecular complexity index is 459. The summed E-state index contributed by atoms with van der Waals surface area (Å²) in [6.45, 7) is 2.45. The van der Waals surface area contributed by atoms with Crippen molar-refractivity contribution < 1.29 is 4.79 Å². The maximum absolute atomic E-state index is 11.6. The van der Waals surface area contributed by atoms with Gasteiger partial charge in [0.2, 0.25) is 0 Å². The van der Waals surface area contributed by atoms with Gasteiger partial charge in [0, 0.05) is 18.8 Å². The van der Waals surface area contributed by atoms with E-state index in [1.54, 1.807) is 17.5 Å². The van der Waals surface area contributed by atoms with E-state index >= 15 is 0 Å². The number of hydrogen-bond donors (Lipinski definition) is 0. The fourth-order valence-electron chi connectivity index (χ4n) is 1.62. The molecule has 0 radical (unpaired) electrons. The Morgan fingerprint density at radius 1 is 1.56 bits per heavy atom. The highest BCUT2D eigenvalue weighted by atomic mass is 32.1. The van der Waals surface area contributed by atoms with Crippen LogP contribution in [-0.2, 0) is 11.3 Å². The minimum atomic E-state index is 0.262. The molecule has 0 aliphatic rings. The number of hydrogen-bond acceptors (Lipinski definition) is 3. The zero-order chi connectivity index (χ0) is 11.4. The lowest BCUT2D eigenvalue weighted by Crippen LogP contribution is -2.09. The van der Waals surface area contributed by atoms with E-state index < -0.39 is 0 Å². The van der Waals surface area contributed by atoms with Crippen LogP contribution in [0, 0.1) is 0 Å². The number of ketones is 1. The molecule has 0 fully saturated rings. The number of carbonyl (C=O) groups excluding carboxylic acids is 1. The Hall–Kier alpha value is -1.42. The van der Waals surface area contributed by atoms with E-state index in [9.17, 15) is 4.79 Å². The summed E-state index contributed by atoms with van der Waals surface area (Å²) in [4.78, 5) is 17.0. The van der Waals surface area contributed by atoms with Crippen molar-refractivity contribution in [2.45, 2.75) is 26.3 Å². The lowest BCUT2D eigenvalue weighted by Gasteiger charge is -2.04. The Morgan fingerprint density at radius 3 is 3.12 bits per heavy atom. The average molecular weight is 234 g/mol. The van der Waals surface area contributed by atoms with Gasteiger partial charge in [0.25, 0.3) is 0 Å². The number of carbonyl (C=O) groups is 1. The maximum atomic E-state index is 11.6. The lowest BCUT2D eigenvalue weighted by atomic mass is 10.2. The number of nitrogens with zero attached hydrogens (tertiary/aromatic N) is 2. The van der Waals surface area contributed by atoms with Gasteiger partial charge in [-0.15, -0.1) is 11.3 Å². The van der Waals surface area contributed by atoms with Gasteiger partial charge >= 0.3 is 0 Å². The van der Waals surface area contributed by atoms with Crippen LogP contribution in [0.5, 0.6) is 0 Å². The summed E-state index contributed by atoms with van der Waals surface area (Å²) in [5.41, 5.74) is 0. The second-order valence-electron chi connectivity index (χ2n) is 3.64. The molecule has 0 unspecified atom stereocenters. The molecule has 0 amide bonds. The van der Waals surface area contributed by atoms with Crippen molar-refractivity contribution >= 4 is 17.1 Å². The Balaban J connectivity index is 2.17. The van der Waals surface area contributed by atoms with Crippen LogP contribution in [-0.4, -0.2) is 15.3 Å². The van der Waals surface area contributed by atoms with Crippen molar-refractivity contribution in [2.24, 2.45) is 0 Å². The van der Waals surface area contributed by atoms with Crippen molar-refractivity contribution in [2.75, 3.05) is 0 Å². The molecule has 0 atom stereocenters. The highest BCUT2D eigenvalue weighted by Crippen LogP contribution is 2.22. The molecule has 2 aromatic heterocycles. The molecule has 0 aliphatic carbocycles. The molecule has 3 nitrogen and oxygen atoms in total. The fourth-order valence-corrected chi connectivity index (χ4v) is 2.35. The molecule has 2 rings (SSSR count). The van der Waals surface area contributed by atoms with Crippen molar-refractivity contribution in [3.8, 4) is 10.7 Å². The van der Waals surface area contributed by atoms with E-state index in [-0.39, 0.29) is 5.78 Å². The van der Waals surface area contributed by atoms with Gasteiger partial charge in [0.05, 0.1) is 11.4 Å². The van der Waals surface area contributed by atoms with Crippen LogP contribution < -0.4 is 0 Å². The van der Waals surface area contributed by atoms with Gasteiger partial charge in [-0.3, -0.25) is 4.79 Å². The monoisotopic (exact) mass is 234 g/mol. The van der Waals surface area contributed by atoms with Gasteiger partial charge in [-0.2, -0.15) is 0 Å². The van der Waals surface area contributed by atoms with E-state index in [1.165, 1.54) is 0 Å². The highest BCUT2D eigenvalue weighted by Gasteiger charge is 2.09. The predicted octanol–water partition coefficient (Wildman–Crippen LogP) is 2.98. The number of aromatic nitrogens is 2. The molecular formula is C12H14N2OS. The SMILES string of the molecule is CCCC(=O)Cn1ccnc1-c1cccs1. The molecule has 0 saturated heterocycles. The number of imidazole rings is 1. The minimum Gasteiger partial charge on any atom is -0.323 e. The maximum Gasteiger partial charge on any atom is 0.152 e. The van der Waals surface area contributed by atoms with Crippen LogP contribution in [0.3, 0.4) is 0 Å². The summed E-state index contributed by atoms with van der Waals surface area (Å²) < 4.78 is 1.92. The zero-order valence-corrected chi connectivity index (χ0v) is 10.0. The van der Waals surface area contributed by atoms with Crippen molar-refractivity contribution in [1.29, 1.82) is 0 Å². The summed E-state index contributed by atoms with van der Waals surface area (Å²) >= 11 is 1.64. The lowest BCUT2D eigenvalue weighted by molar-refractivity contribution is -0.119. The van der Waals surface area contributed by atoms with Gasteiger partial charge in [0.1, 0.15) is 5.82 Å². The number of rotatable bonds is 5. The van der Waals surface area contributed by atoms with Crippen LogP contribution in [0.4, 0.5) is 0 Å². The van der Waals surface area contributed by atoms with Gasteiger partial charge in [-0.1, -0.05) is 13.0 Å². The quantitative estimate of drug-likeness (QED) is 0.797. The van der Waals surface area contributed by atoms with E-state index in [4.69, 9.17) is 0 Å². The van der Waals surface area contributed by atoms with Crippen LogP contribution in [0.15, 0.2) is 29.9 Å². The standard InChI is InChI=1S/C12H14N2OS/c1-2-4-10(15)9-14-7-6-13-12(14)11-5-3-8-16-11/h3,5-8H,2,4,9H2,1H3.